The number of halogens is 6. The van der Waals surface area contributed by atoms with Gasteiger partial charge in [0.25, 0.3) is 0 Å². The fourth-order valence-corrected chi connectivity index (χ4v) is 4.22. The molecule has 1 heterocycles. The molecular formula is C25H22F6N2. The Morgan fingerprint density at radius 2 is 1.52 bits per heavy atom. The Labute approximate surface area is 187 Å². The summed E-state index contributed by atoms with van der Waals surface area (Å²) < 4.78 is 84.9. The van der Waals surface area contributed by atoms with Gasteiger partial charge in [0.05, 0.1) is 5.52 Å². The molecule has 0 spiro atoms. The molecule has 2 nitrogen and oxygen atoms in total. The van der Waals surface area contributed by atoms with Crippen LogP contribution in [-0.4, -0.2) is 23.1 Å². The van der Waals surface area contributed by atoms with E-state index >= 15 is 0 Å². The molecule has 0 radical (unpaired) electrons. The van der Waals surface area contributed by atoms with E-state index in [0.717, 1.165) is 41.2 Å². The first kappa shape index (κ1) is 24.4. The number of allylic oxidation sites excluding steroid dienone is 1. The Morgan fingerprint density at radius 3 is 2.03 bits per heavy atom. The number of hydrogen-bond donors (Lipinski definition) is 0. The Balaban J connectivity index is 2.23. The molecule has 0 bridgehead atoms. The van der Waals surface area contributed by atoms with Gasteiger partial charge in [-0.25, -0.2) is 0 Å². The van der Waals surface area contributed by atoms with E-state index in [2.05, 4.69) is 11.6 Å². The highest BCUT2D eigenvalue weighted by Gasteiger charge is 2.72. The van der Waals surface area contributed by atoms with Crippen molar-refractivity contribution >= 4 is 23.2 Å². The molecular weight excluding hydrogens is 442 g/mol. The predicted octanol–water partition coefficient (Wildman–Crippen LogP) is 7.94. The van der Waals surface area contributed by atoms with Crippen LogP contribution >= 0.6 is 0 Å². The van der Waals surface area contributed by atoms with Gasteiger partial charge in [0, 0.05) is 34.7 Å². The smallest absolute Gasteiger partial charge is 0.313 e. The number of aromatic nitrogens is 1. The summed E-state index contributed by atoms with van der Waals surface area (Å²) in [7, 11) is 0. The molecule has 0 saturated carbocycles. The molecule has 8 heteroatoms. The second-order valence-corrected chi connectivity index (χ2v) is 7.65. The number of aliphatic imine (C=N–C) groups is 1. The number of hydrogen-bond acceptors (Lipinski definition) is 1. The highest BCUT2D eigenvalue weighted by molar-refractivity contribution is 5.92. The maximum Gasteiger partial charge on any atom is 0.410 e. The molecule has 0 fully saturated rings. The third kappa shape index (κ3) is 3.87. The molecule has 1 aromatic heterocycles. The van der Waals surface area contributed by atoms with Gasteiger partial charge < -0.3 is 4.57 Å². The van der Waals surface area contributed by atoms with Crippen LogP contribution in [0.5, 0.6) is 0 Å². The van der Waals surface area contributed by atoms with Crippen LogP contribution in [0.25, 0.3) is 22.7 Å². The van der Waals surface area contributed by atoms with Crippen molar-refractivity contribution in [1.29, 1.82) is 0 Å². The van der Waals surface area contributed by atoms with Crippen LogP contribution in [0.2, 0.25) is 0 Å². The van der Waals surface area contributed by atoms with Gasteiger partial charge in [-0.15, -0.1) is 0 Å². The van der Waals surface area contributed by atoms with Crippen molar-refractivity contribution in [1.82, 2.24) is 4.57 Å². The quantitative estimate of drug-likeness (QED) is 0.207. The van der Waals surface area contributed by atoms with Crippen molar-refractivity contribution in [2.45, 2.75) is 38.5 Å². The molecule has 33 heavy (non-hydrogen) atoms. The molecule has 2 aromatic carbocycles. The number of fused-ring (bicyclic) bond motifs is 1. The second-order valence-electron chi connectivity index (χ2n) is 7.65. The molecule has 3 aromatic rings. The number of para-hydroxylation sites is 1. The standard InChI is InChI=1S/C25H22F6N2/c1-5-32-15-14-20-17(4)33(22-9-7-6-8-21(20)22)19-12-10-18(11-13-19)23(16(2)3,24(26,27)28)25(29,30)31/h5-15H,2H2,1,3-4H3/b15-14-,32-5?. The number of nitrogens with zero attached hydrogens (tertiary/aromatic N) is 2. The minimum Gasteiger partial charge on any atom is -0.313 e. The first-order valence-corrected chi connectivity index (χ1v) is 10.0. The summed E-state index contributed by atoms with van der Waals surface area (Å²) in [6.07, 6.45) is -6.16. The fraction of sp³-hybridized carbons (Fsp3) is 0.240. The van der Waals surface area contributed by atoms with Gasteiger partial charge in [-0.2, -0.15) is 26.3 Å². The zero-order chi connectivity index (χ0) is 24.6. The Bertz CT molecular complexity index is 1210. The van der Waals surface area contributed by atoms with Gasteiger partial charge in [-0.05, 0) is 50.6 Å². The van der Waals surface area contributed by atoms with E-state index in [0.29, 0.717) is 5.69 Å². The highest BCUT2D eigenvalue weighted by atomic mass is 19.4. The molecule has 0 amide bonds. The van der Waals surface area contributed by atoms with Crippen LogP contribution in [-0.2, 0) is 5.41 Å². The number of benzene rings is 2. The van der Waals surface area contributed by atoms with E-state index in [4.69, 9.17) is 0 Å². The van der Waals surface area contributed by atoms with Gasteiger partial charge in [0.15, 0.2) is 0 Å². The van der Waals surface area contributed by atoms with Crippen molar-refractivity contribution in [3.8, 4) is 5.69 Å². The molecule has 0 N–H and O–H groups in total. The van der Waals surface area contributed by atoms with E-state index in [9.17, 15) is 26.3 Å². The van der Waals surface area contributed by atoms with Crippen molar-refractivity contribution in [3.05, 3.63) is 83.7 Å². The Kier molecular flexibility index (Phi) is 6.33. The topological polar surface area (TPSA) is 17.3 Å². The number of alkyl halides is 6. The van der Waals surface area contributed by atoms with Gasteiger partial charge in [0.2, 0.25) is 5.41 Å². The van der Waals surface area contributed by atoms with Gasteiger partial charge >= 0.3 is 12.4 Å². The molecule has 0 saturated heterocycles. The van der Waals surface area contributed by atoms with Crippen molar-refractivity contribution in [2.75, 3.05) is 0 Å². The lowest BCUT2D eigenvalue weighted by molar-refractivity contribution is -0.289. The number of rotatable bonds is 5. The first-order valence-electron chi connectivity index (χ1n) is 10.0. The lowest BCUT2D eigenvalue weighted by Crippen LogP contribution is -2.54. The molecule has 3 rings (SSSR count). The first-order chi connectivity index (χ1) is 15.4. The highest BCUT2D eigenvalue weighted by Crippen LogP contribution is 2.56. The minimum absolute atomic E-state index is 0.436. The maximum atomic E-state index is 13.8. The summed E-state index contributed by atoms with van der Waals surface area (Å²) in [4.78, 5) is 4.06. The van der Waals surface area contributed by atoms with Crippen LogP contribution in [0.15, 0.2) is 71.9 Å². The Morgan fingerprint density at radius 1 is 0.939 bits per heavy atom. The zero-order valence-corrected chi connectivity index (χ0v) is 18.2. The molecule has 0 aliphatic carbocycles. The molecule has 0 atom stereocenters. The summed E-state index contributed by atoms with van der Waals surface area (Å²) in [6.45, 7) is 7.39. The van der Waals surface area contributed by atoms with E-state index < -0.39 is 28.9 Å². The summed E-state index contributed by atoms with van der Waals surface area (Å²) >= 11 is 0. The van der Waals surface area contributed by atoms with Crippen LogP contribution in [0, 0.1) is 6.92 Å². The van der Waals surface area contributed by atoms with Gasteiger partial charge in [-0.3, -0.25) is 4.99 Å². The normalized spacial score (nSPS) is 13.5. The SMILES string of the molecule is C=C(C)C(c1ccc(-n2c(C)c(/C=C\N=CC)c3ccccc32)cc1)(C(F)(F)F)C(F)(F)F. The largest absolute Gasteiger partial charge is 0.410 e. The van der Waals surface area contributed by atoms with E-state index in [1.54, 1.807) is 23.9 Å². The van der Waals surface area contributed by atoms with Crippen LogP contribution < -0.4 is 0 Å². The second kappa shape index (κ2) is 8.57. The lowest BCUT2D eigenvalue weighted by Gasteiger charge is -2.38. The zero-order valence-electron chi connectivity index (χ0n) is 18.2. The monoisotopic (exact) mass is 464 g/mol. The fourth-order valence-electron chi connectivity index (χ4n) is 4.22. The average Bonchev–Trinajstić information content (AvgIpc) is 2.98. The van der Waals surface area contributed by atoms with Crippen molar-refractivity contribution in [3.63, 3.8) is 0 Å². The van der Waals surface area contributed by atoms with Crippen molar-refractivity contribution in [2.24, 2.45) is 4.99 Å². The summed E-state index contributed by atoms with van der Waals surface area (Å²) in [5.41, 5.74) is -3.30. The molecule has 0 aliphatic heterocycles. The molecule has 174 valence electrons. The van der Waals surface area contributed by atoms with Crippen LogP contribution in [0.1, 0.15) is 30.7 Å². The van der Waals surface area contributed by atoms with E-state index in [-0.39, 0.29) is 0 Å². The lowest BCUT2D eigenvalue weighted by atomic mass is 9.73. The van der Waals surface area contributed by atoms with E-state index in [1.165, 1.54) is 12.1 Å². The molecule has 0 aliphatic rings. The van der Waals surface area contributed by atoms with Crippen LogP contribution in [0.3, 0.4) is 0 Å². The third-order valence-corrected chi connectivity index (χ3v) is 5.69. The summed E-state index contributed by atoms with van der Waals surface area (Å²) in [5, 5.41) is 0.878. The average molecular weight is 464 g/mol. The summed E-state index contributed by atoms with van der Waals surface area (Å²) in [6, 6.07) is 11.7. The predicted molar refractivity (Wildman–Crippen MR) is 120 cm³/mol. The minimum atomic E-state index is -5.60. The molecule has 0 unspecified atom stereocenters. The third-order valence-electron chi connectivity index (χ3n) is 5.69. The Hall–Kier alpha value is -3.29. The summed E-state index contributed by atoms with van der Waals surface area (Å²) in [5.74, 6) is 0. The maximum absolute atomic E-state index is 13.8. The van der Waals surface area contributed by atoms with Crippen molar-refractivity contribution < 1.29 is 26.3 Å². The van der Waals surface area contributed by atoms with Crippen LogP contribution in [0.4, 0.5) is 26.3 Å². The van der Waals surface area contributed by atoms with Gasteiger partial charge in [0.1, 0.15) is 0 Å². The van der Waals surface area contributed by atoms with Gasteiger partial charge in [-0.1, -0.05) is 42.5 Å². The van der Waals surface area contributed by atoms with E-state index in [1.807, 2.05) is 37.3 Å².